The Morgan fingerprint density at radius 2 is 1.95 bits per heavy atom. The van der Waals surface area contributed by atoms with Gasteiger partial charge >= 0.3 is 5.97 Å². The maximum Gasteiger partial charge on any atom is 0.325 e. The molecule has 4 heteroatoms. The van der Waals surface area contributed by atoms with E-state index in [9.17, 15) is 9.59 Å². The van der Waals surface area contributed by atoms with Crippen molar-refractivity contribution in [3.8, 4) is 0 Å². The highest BCUT2D eigenvalue weighted by Crippen LogP contribution is 2.13. The van der Waals surface area contributed by atoms with Crippen molar-refractivity contribution in [1.29, 1.82) is 0 Å². The Morgan fingerprint density at radius 1 is 1.26 bits per heavy atom. The molecule has 4 nitrogen and oxygen atoms in total. The quantitative estimate of drug-likeness (QED) is 0.766. The van der Waals surface area contributed by atoms with E-state index in [0.717, 1.165) is 17.5 Å². The van der Waals surface area contributed by atoms with Gasteiger partial charge < -0.3 is 9.64 Å². The number of hydrogen-bond donors (Lipinski definition) is 0. The third-order valence-corrected chi connectivity index (χ3v) is 2.94. The average Bonchev–Trinajstić information content (AvgIpc) is 2.37. The first-order valence-corrected chi connectivity index (χ1v) is 6.43. The van der Waals surface area contributed by atoms with Gasteiger partial charge in [0.15, 0.2) is 0 Å². The van der Waals surface area contributed by atoms with Crippen molar-refractivity contribution in [2.45, 2.75) is 27.2 Å². The second-order valence-electron chi connectivity index (χ2n) is 4.62. The summed E-state index contributed by atoms with van der Waals surface area (Å²) in [5.41, 5.74) is 2.68. The number of aryl methyl sites for hydroxylation is 2. The van der Waals surface area contributed by atoms with Crippen LogP contribution in [0.4, 0.5) is 0 Å². The molecule has 1 amide bonds. The Balaban J connectivity index is 2.95. The highest BCUT2D eigenvalue weighted by atomic mass is 16.5. The first kappa shape index (κ1) is 15.2. The molecule has 104 valence electrons. The molecule has 0 aliphatic rings. The van der Waals surface area contributed by atoms with E-state index in [4.69, 9.17) is 0 Å². The number of rotatable bonds is 5. The Hall–Kier alpha value is -1.84. The van der Waals surface area contributed by atoms with E-state index < -0.39 is 5.97 Å². The highest BCUT2D eigenvalue weighted by molar-refractivity contribution is 5.97. The fourth-order valence-electron chi connectivity index (χ4n) is 1.97. The molecule has 0 atom stereocenters. The zero-order chi connectivity index (χ0) is 14.4. The second-order valence-corrected chi connectivity index (χ2v) is 4.62. The molecule has 0 fully saturated rings. The van der Waals surface area contributed by atoms with Crippen LogP contribution in [0.3, 0.4) is 0 Å². The molecule has 19 heavy (non-hydrogen) atoms. The monoisotopic (exact) mass is 263 g/mol. The molecule has 0 aliphatic carbocycles. The van der Waals surface area contributed by atoms with Crippen molar-refractivity contribution < 1.29 is 14.3 Å². The van der Waals surface area contributed by atoms with Crippen LogP contribution in [0.25, 0.3) is 0 Å². The van der Waals surface area contributed by atoms with Crippen LogP contribution in [0.1, 0.15) is 34.8 Å². The molecule has 0 unspecified atom stereocenters. The third-order valence-electron chi connectivity index (χ3n) is 2.94. The molecule has 0 bridgehead atoms. The smallest absolute Gasteiger partial charge is 0.325 e. The van der Waals surface area contributed by atoms with Gasteiger partial charge in [0, 0.05) is 12.1 Å². The summed E-state index contributed by atoms with van der Waals surface area (Å²) in [6.45, 7) is 6.40. The molecular formula is C15H21NO3. The van der Waals surface area contributed by atoms with Crippen molar-refractivity contribution in [1.82, 2.24) is 4.90 Å². The van der Waals surface area contributed by atoms with Gasteiger partial charge in [-0.3, -0.25) is 9.59 Å². The number of nitrogens with zero attached hydrogens (tertiary/aromatic N) is 1. The zero-order valence-electron chi connectivity index (χ0n) is 12.0. The maximum absolute atomic E-state index is 12.4. The predicted octanol–water partition coefficient (Wildman–Crippen LogP) is 2.33. The van der Waals surface area contributed by atoms with Crippen LogP contribution >= 0.6 is 0 Å². The van der Waals surface area contributed by atoms with E-state index in [1.54, 1.807) is 0 Å². The summed E-state index contributed by atoms with van der Waals surface area (Å²) >= 11 is 0. The number of methoxy groups -OCH3 is 1. The average molecular weight is 263 g/mol. The van der Waals surface area contributed by atoms with E-state index >= 15 is 0 Å². The Bertz CT molecular complexity index is 468. The summed E-state index contributed by atoms with van der Waals surface area (Å²) in [6.07, 6.45) is 0.799. The summed E-state index contributed by atoms with van der Waals surface area (Å²) in [5, 5.41) is 0. The maximum atomic E-state index is 12.4. The van der Waals surface area contributed by atoms with Crippen LogP contribution < -0.4 is 0 Å². The molecular weight excluding hydrogens is 242 g/mol. The van der Waals surface area contributed by atoms with E-state index in [1.807, 2.05) is 39.0 Å². The van der Waals surface area contributed by atoms with Crippen LogP contribution in [0.15, 0.2) is 18.2 Å². The SMILES string of the molecule is CCCN(CC(=O)OC)C(=O)c1ccc(C)cc1C. The van der Waals surface area contributed by atoms with Crippen molar-refractivity contribution in [2.75, 3.05) is 20.2 Å². The Labute approximate surface area is 114 Å². The largest absolute Gasteiger partial charge is 0.468 e. The van der Waals surface area contributed by atoms with Gasteiger partial charge in [-0.25, -0.2) is 0 Å². The van der Waals surface area contributed by atoms with Gasteiger partial charge in [-0.1, -0.05) is 24.6 Å². The number of esters is 1. The van der Waals surface area contributed by atoms with Crippen molar-refractivity contribution in [2.24, 2.45) is 0 Å². The van der Waals surface area contributed by atoms with Crippen LogP contribution in [0.2, 0.25) is 0 Å². The lowest BCUT2D eigenvalue weighted by atomic mass is 10.0. The lowest BCUT2D eigenvalue weighted by Crippen LogP contribution is -2.37. The first-order chi connectivity index (χ1) is 8.99. The molecule has 1 aromatic carbocycles. The molecule has 1 rings (SSSR count). The lowest BCUT2D eigenvalue weighted by Gasteiger charge is -2.21. The fourth-order valence-corrected chi connectivity index (χ4v) is 1.97. The summed E-state index contributed by atoms with van der Waals surface area (Å²) in [6, 6.07) is 5.69. The van der Waals surface area contributed by atoms with Gasteiger partial charge in [-0.2, -0.15) is 0 Å². The summed E-state index contributed by atoms with van der Waals surface area (Å²) in [4.78, 5) is 25.3. The topological polar surface area (TPSA) is 46.6 Å². The van der Waals surface area contributed by atoms with Crippen LogP contribution in [0, 0.1) is 13.8 Å². The van der Waals surface area contributed by atoms with E-state index in [0.29, 0.717) is 12.1 Å². The second kappa shape index (κ2) is 6.92. The molecule has 0 heterocycles. The van der Waals surface area contributed by atoms with Crippen molar-refractivity contribution in [3.63, 3.8) is 0 Å². The normalized spacial score (nSPS) is 10.1. The number of hydrogen-bond acceptors (Lipinski definition) is 3. The molecule has 0 N–H and O–H groups in total. The summed E-state index contributed by atoms with van der Waals surface area (Å²) in [7, 11) is 1.33. The van der Waals surface area contributed by atoms with E-state index in [2.05, 4.69) is 4.74 Å². The van der Waals surface area contributed by atoms with Crippen molar-refractivity contribution in [3.05, 3.63) is 34.9 Å². The van der Waals surface area contributed by atoms with E-state index in [-0.39, 0.29) is 12.5 Å². The molecule has 1 aromatic rings. The minimum atomic E-state index is -0.397. The van der Waals surface area contributed by atoms with Gasteiger partial charge in [-0.15, -0.1) is 0 Å². The third kappa shape index (κ3) is 4.09. The number of amides is 1. The molecule has 0 aliphatic heterocycles. The minimum absolute atomic E-state index is 0.00348. The Morgan fingerprint density at radius 3 is 2.47 bits per heavy atom. The number of benzene rings is 1. The number of carbonyl (C=O) groups is 2. The minimum Gasteiger partial charge on any atom is -0.468 e. The summed E-state index contributed by atoms with van der Waals surface area (Å²) in [5.74, 6) is -0.517. The van der Waals surface area contributed by atoms with Gasteiger partial charge in [0.25, 0.3) is 5.91 Å². The molecule has 0 radical (unpaired) electrons. The van der Waals surface area contributed by atoms with Gasteiger partial charge in [-0.05, 0) is 31.9 Å². The summed E-state index contributed by atoms with van der Waals surface area (Å²) < 4.78 is 4.63. The van der Waals surface area contributed by atoms with Gasteiger partial charge in [0.1, 0.15) is 6.54 Å². The predicted molar refractivity (Wildman–Crippen MR) is 74.1 cm³/mol. The van der Waals surface area contributed by atoms with Crippen molar-refractivity contribution >= 4 is 11.9 Å². The molecule has 0 aromatic heterocycles. The lowest BCUT2D eigenvalue weighted by molar-refractivity contribution is -0.141. The Kier molecular flexibility index (Phi) is 5.55. The van der Waals surface area contributed by atoms with Gasteiger partial charge in [0.05, 0.1) is 7.11 Å². The zero-order valence-corrected chi connectivity index (χ0v) is 12.0. The molecule has 0 saturated heterocycles. The molecule has 0 spiro atoms. The van der Waals surface area contributed by atoms with E-state index in [1.165, 1.54) is 12.0 Å². The molecule has 0 saturated carbocycles. The number of ether oxygens (including phenoxy) is 1. The fraction of sp³-hybridized carbons (Fsp3) is 0.467. The van der Waals surface area contributed by atoms with Gasteiger partial charge in [0.2, 0.25) is 0 Å². The first-order valence-electron chi connectivity index (χ1n) is 6.43. The standard InChI is InChI=1S/C15H21NO3/c1-5-8-16(10-14(17)19-4)15(18)13-7-6-11(2)9-12(13)3/h6-7,9H,5,8,10H2,1-4H3. The van der Waals surface area contributed by atoms with Crippen LogP contribution in [-0.4, -0.2) is 37.0 Å². The highest BCUT2D eigenvalue weighted by Gasteiger charge is 2.19. The van der Waals surface area contributed by atoms with Crippen LogP contribution in [-0.2, 0) is 9.53 Å². The van der Waals surface area contributed by atoms with Crippen LogP contribution in [0.5, 0.6) is 0 Å². The number of carbonyl (C=O) groups excluding carboxylic acids is 2.